The van der Waals surface area contributed by atoms with E-state index in [1.54, 1.807) is 24.1 Å². The van der Waals surface area contributed by atoms with Gasteiger partial charge in [-0.15, -0.1) is 0 Å². The Kier molecular flexibility index (Phi) is 8.55. The Morgan fingerprint density at radius 2 is 1.87 bits per heavy atom. The van der Waals surface area contributed by atoms with E-state index in [1.165, 1.54) is 6.42 Å². The first-order valence-electron chi connectivity index (χ1n) is 13.6. The number of ether oxygens (including phenoxy) is 2. The Morgan fingerprint density at radius 1 is 1.08 bits per heavy atom. The maximum absolute atomic E-state index is 13.4. The largest absolute Gasteiger partial charge is 0.492 e. The fourth-order valence-corrected chi connectivity index (χ4v) is 5.42. The molecule has 1 atom stereocenters. The van der Waals surface area contributed by atoms with Gasteiger partial charge in [0.2, 0.25) is 6.17 Å². The molecule has 5 rings (SSSR count). The van der Waals surface area contributed by atoms with E-state index >= 15 is 0 Å². The maximum Gasteiger partial charge on any atom is 0.321 e. The van der Waals surface area contributed by atoms with Crippen LogP contribution < -0.4 is 20.3 Å². The van der Waals surface area contributed by atoms with Gasteiger partial charge in [-0.25, -0.2) is 4.79 Å². The molecule has 1 aliphatic carbocycles. The summed E-state index contributed by atoms with van der Waals surface area (Å²) in [4.78, 5) is 35.2. The van der Waals surface area contributed by atoms with Crippen molar-refractivity contribution >= 4 is 29.0 Å². The molecule has 3 aliphatic rings. The second kappa shape index (κ2) is 12.4. The number of hydrogen-bond acceptors (Lipinski definition) is 6. The average Bonchev–Trinajstić information content (AvgIpc) is 3.05. The molecule has 1 saturated carbocycles. The van der Waals surface area contributed by atoms with E-state index in [0.29, 0.717) is 18.0 Å². The van der Waals surface area contributed by atoms with E-state index in [9.17, 15) is 9.59 Å². The molecule has 2 N–H and O–H groups in total. The zero-order valence-electron chi connectivity index (χ0n) is 22.0. The van der Waals surface area contributed by atoms with Gasteiger partial charge in [0, 0.05) is 49.9 Å². The van der Waals surface area contributed by atoms with Crippen molar-refractivity contribution in [2.45, 2.75) is 38.3 Å². The monoisotopic (exact) mass is 519 g/mol. The maximum atomic E-state index is 13.4. The predicted octanol–water partition coefficient (Wildman–Crippen LogP) is 3.89. The van der Waals surface area contributed by atoms with Crippen molar-refractivity contribution in [2.24, 2.45) is 10.9 Å². The van der Waals surface area contributed by atoms with E-state index < -0.39 is 12.2 Å². The number of carbonyl (C=O) groups excluding carboxylic acids is 2. The lowest BCUT2D eigenvalue weighted by molar-refractivity contribution is -0.119. The molecule has 202 valence electrons. The molecule has 9 heteroatoms. The van der Waals surface area contributed by atoms with Gasteiger partial charge in [-0.3, -0.25) is 14.7 Å². The van der Waals surface area contributed by atoms with Crippen LogP contribution in [-0.2, 0) is 9.53 Å². The number of benzene rings is 2. The lowest BCUT2D eigenvalue weighted by Gasteiger charge is -2.26. The molecule has 38 heavy (non-hydrogen) atoms. The summed E-state index contributed by atoms with van der Waals surface area (Å²) in [6, 6.07) is 14.7. The summed E-state index contributed by atoms with van der Waals surface area (Å²) in [5.41, 5.74) is 3.30. The minimum atomic E-state index is -1.00. The predicted molar refractivity (Wildman–Crippen MR) is 148 cm³/mol. The first-order valence-corrected chi connectivity index (χ1v) is 13.6. The van der Waals surface area contributed by atoms with E-state index in [0.717, 1.165) is 75.5 Å². The van der Waals surface area contributed by atoms with Crippen molar-refractivity contribution in [2.75, 3.05) is 56.7 Å². The number of aliphatic imine (C=N–C) groups is 1. The standard InChI is InChI=1S/C29H37N5O4/c1-33-25-13-6-5-12-24(25)26(21-8-3-2-4-9-21)31-27(28(33)35)32-29(36)30-22-10-7-11-23(20-22)38-19-16-34-14-17-37-18-15-34/h5-7,10-13,20-21,27H,2-4,8-9,14-19H2,1H3,(H2,30,32,36)/t27-/m0/s1. The summed E-state index contributed by atoms with van der Waals surface area (Å²) in [6.45, 7) is 4.71. The molecule has 1 saturated heterocycles. The van der Waals surface area contributed by atoms with Crippen molar-refractivity contribution < 1.29 is 19.1 Å². The number of para-hydroxylation sites is 1. The van der Waals surface area contributed by atoms with Crippen LogP contribution in [0, 0.1) is 5.92 Å². The minimum Gasteiger partial charge on any atom is -0.492 e. The molecule has 0 radical (unpaired) electrons. The van der Waals surface area contributed by atoms with Gasteiger partial charge in [0.25, 0.3) is 5.91 Å². The topological polar surface area (TPSA) is 95.5 Å². The third kappa shape index (κ3) is 6.34. The average molecular weight is 520 g/mol. The number of morpholine rings is 1. The number of carbonyl (C=O) groups is 2. The number of hydrogen-bond donors (Lipinski definition) is 2. The number of amides is 3. The highest BCUT2D eigenvalue weighted by Crippen LogP contribution is 2.33. The second-order valence-corrected chi connectivity index (χ2v) is 10.1. The molecule has 9 nitrogen and oxygen atoms in total. The normalized spacial score (nSPS) is 20.8. The number of benzodiazepines with no additional fused rings is 1. The van der Waals surface area contributed by atoms with Crippen LogP contribution >= 0.6 is 0 Å². The first-order chi connectivity index (χ1) is 18.6. The van der Waals surface area contributed by atoms with Crippen LogP contribution in [-0.4, -0.2) is 75.2 Å². The molecule has 0 bridgehead atoms. The molecule has 0 aromatic heterocycles. The Bertz CT molecular complexity index is 1160. The number of likely N-dealkylation sites (N-methyl/N-ethyl adjacent to an activating group) is 1. The minimum absolute atomic E-state index is 0.265. The van der Waals surface area contributed by atoms with E-state index in [4.69, 9.17) is 14.5 Å². The number of nitrogens with one attached hydrogen (secondary N) is 2. The van der Waals surface area contributed by atoms with E-state index in [2.05, 4.69) is 15.5 Å². The fourth-order valence-electron chi connectivity index (χ4n) is 5.42. The third-order valence-electron chi connectivity index (χ3n) is 7.51. The van der Waals surface area contributed by atoms with Crippen LogP contribution in [0.3, 0.4) is 0 Å². The lowest BCUT2D eigenvalue weighted by Crippen LogP contribution is -2.47. The van der Waals surface area contributed by atoms with Crippen LogP contribution in [0.1, 0.15) is 37.7 Å². The Hall–Kier alpha value is -3.43. The summed E-state index contributed by atoms with van der Waals surface area (Å²) in [6.07, 6.45) is 4.62. The fraction of sp³-hybridized carbons (Fsp3) is 0.483. The van der Waals surface area contributed by atoms with Crippen molar-refractivity contribution in [3.63, 3.8) is 0 Å². The molecule has 2 aliphatic heterocycles. The molecule has 2 fully saturated rings. The van der Waals surface area contributed by atoms with Gasteiger partial charge in [-0.1, -0.05) is 43.5 Å². The number of urea groups is 1. The van der Waals surface area contributed by atoms with Gasteiger partial charge in [0.15, 0.2) is 0 Å². The van der Waals surface area contributed by atoms with Crippen molar-refractivity contribution in [1.29, 1.82) is 0 Å². The smallest absolute Gasteiger partial charge is 0.321 e. The van der Waals surface area contributed by atoms with Crippen molar-refractivity contribution in [1.82, 2.24) is 10.2 Å². The Morgan fingerprint density at radius 3 is 2.68 bits per heavy atom. The molecular formula is C29H37N5O4. The van der Waals surface area contributed by atoms with Gasteiger partial charge in [-0.2, -0.15) is 0 Å². The number of fused-ring (bicyclic) bond motifs is 1. The number of anilines is 2. The zero-order chi connectivity index (χ0) is 26.3. The first kappa shape index (κ1) is 26.2. The van der Waals surface area contributed by atoms with Crippen LogP contribution in [0.5, 0.6) is 5.75 Å². The highest BCUT2D eigenvalue weighted by molar-refractivity contribution is 6.14. The highest BCUT2D eigenvalue weighted by atomic mass is 16.5. The summed E-state index contributed by atoms with van der Waals surface area (Å²) >= 11 is 0. The molecule has 0 unspecified atom stereocenters. The molecule has 2 heterocycles. The summed E-state index contributed by atoms with van der Waals surface area (Å²) in [5, 5.41) is 5.65. The quantitative estimate of drug-likeness (QED) is 0.579. The van der Waals surface area contributed by atoms with Gasteiger partial charge in [0.05, 0.1) is 24.6 Å². The van der Waals surface area contributed by atoms with Crippen molar-refractivity contribution in [3.8, 4) is 5.75 Å². The SMILES string of the molecule is CN1C(=O)[C@H](NC(=O)Nc2cccc(OCCN3CCOCC3)c2)N=C(C2CCCCC2)c2ccccc21. The molecule has 2 aromatic rings. The number of nitrogens with zero attached hydrogens (tertiary/aromatic N) is 3. The van der Waals surface area contributed by atoms with Crippen LogP contribution in [0.15, 0.2) is 53.5 Å². The van der Waals surface area contributed by atoms with Crippen LogP contribution in [0.4, 0.5) is 16.2 Å². The van der Waals surface area contributed by atoms with Gasteiger partial charge < -0.3 is 25.0 Å². The van der Waals surface area contributed by atoms with Gasteiger partial charge >= 0.3 is 6.03 Å². The van der Waals surface area contributed by atoms with Crippen molar-refractivity contribution in [3.05, 3.63) is 54.1 Å². The summed E-state index contributed by atoms with van der Waals surface area (Å²) in [7, 11) is 1.74. The van der Waals surface area contributed by atoms with Crippen LogP contribution in [0.25, 0.3) is 0 Å². The van der Waals surface area contributed by atoms with E-state index in [1.807, 2.05) is 36.4 Å². The summed E-state index contributed by atoms with van der Waals surface area (Å²) in [5.74, 6) is 0.691. The molecule has 2 aromatic carbocycles. The third-order valence-corrected chi connectivity index (χ3v) is 7.51. The van der Waals surface area contributed by atoms with Gasteiger partial charge in [-0.05, 0) is 31.0 Å². The molecular weight excluding hydrogens is 482 g/mol. The zero-order valence-corrected chi connectivity index (χ0v) is 22.0. The number of rotatable bonds is 7. The second-order valence-electron chi connectivity index (χ2n) is 10.1. The van der Waals surface area contributed by atoms with E-state index in [-0.39, 0.29) is 11.8 Å². The van der Waals surface area contributed by atoms with Crippen LogP contribution in [0.2, 0.25) is 0 Å². The lowest BCUT2D eigenvalue weighted by atomic mass is 9.83. The highest BCUT2D eigenvalue weighted by Gasteiger charge is 2.33. The molecule has 0 spiro atoms. The Balaban J connectivity index is 1.25. The Labute approximate surface area is 224 Å². The molecule has 3 amide bonds. The van der Waals surface area contributed by atoms with Gasteiger partial charge in [0.1, 0.15) is 12.4 Å². The summed E-state index contributed by atoms with van der Waals surface area (Å²) < 4.78 is 11.3.